The van der Waals surface area contributed by atoms with Gasteiger partial charge in [-0.15, -0.1) is 0 Å². The van der Waals surface area contributed by atoms with Crippen molar-refractivity contribution in [2.24, 2.45) is 0 Å². The summed E-state index contributed by atoms with van der Waals surface area (Å²) in [4.78, 5) is 25.1. The van der Waals surface area contributed by atoms with Crippen LogP contribution in [0.25, 0.3) is 0 Å². The molecule has 0 aliphatic carbocycles. The van der Waals surface area contributed by atoms with E-state index in [4.69, 9.17) is 14.2 Å². The lowest BCUT2D eigenvalue weighted by Gasteiger charge is -2.40. The summed E-state index contributed by atoms with van der Waals surface area (Å²) in [5.74, 6) is -0.184. The molecule has 0 aromatic rings. The Bertz CT molecular complexity index is 1680. The topological polar surface area (TPSA) is 175 Å². The van der Waals surface area contributed by atoms with Crippen molar-refractivity contribution in [2.75, 3.05) is 19.8 Å². The maximum absolute atomic E-state index is 13.0. The van der Waals surface area contributed by atoms with Gasteiger partial charge in [0.2, 0.25) is 5.91 Å². The highest BCUT2D eigenvalue weighted by Crippen LogP contribution is 2.23. The van der Waals surface area contributed by atoms with E-state index in [9.17, 15) is 35.1 Å². The van der Waals surface area contributed by atoms with Crippen LogP contribution in [0.2, 0.25) is 0 Å². The first-order valence-corrected chi connectivity index (χ1v) is 38.6. The van der Waals surface area contributed by atoms with E-state index < -0.39 is 49.5 Å². The van der Waals surface area contributed by atoms with Crippen LogP contribution >= 0.6 is 0 Å². The summed E-state index contributed by atoms with van der Waals surface area (Å²) in [5.41, 5.74) is 0. The number of allylic oxidation sites excluding steroid dienone is 9. The number of hydrogen-bond acceptors (Lipinski definition) is 10. The number of ether oxygens (including phenoxy) is 3. The zero-order valence-corrected chi connectivity index (χ0v) is 58.6. The Balaban J connectivity index is 1.88. The Morgan fingerprint density at radius 2 is 0.756 bits per heavy atom. The van der Waals surface area contributed by atoms with Gasteiger partial charge in [0.05, 0.1) is 32.0 Å². The first-order valence-electron chi connectivity index (χ1n) is 38.6. The highest BCUT2D eigenvalue weighted by Gasteiger charge is 2.44. The maximum Gasteiger partial charge on any atom is 0.305 e. The zero-order chi connectivity index (χ0) is 65.1. The highest BCUT2D eigenvalue weighted by atomic mass is 16.7. The predicted molar refractivity (Wildman–Crippen MR) is 380 cm³/mol. The maximum atomic E-state index is 13.0. The summed E-state index contributed by atoms with van der Waals surface area (Å²) >= 11 is 0. The molecule has 6 N–H and O–H groups in total. The van der Waals surface area contributed by atoms with Crippen LogP contribution in [-0.4, -0.2) is 100 Å². The molecule has 1 aliphatic heterocycles. The molecule has 7 unspecified atom stereocenters. The standard InChI is InChI=1S/C79H145NO10/c1-3-5-7-9-11-13-14-15-16-17-38-41-44-47-51-55-59-63-67-75(84)88-68-64-60-56-52-48-45-42-39-36-34-32-30-28-26-24-22-20-18-19-21-23-25-27-29-31-33-35-37-40-43-46-50-54-58-62-66-74(83)80-71(72(82)65-61-57-53-49-12-10-8-6-4-2)70-89-79-78(87)77(86)76(85)73(69-81)90-79/h12,16-17,20,22,26,28,49,61,65,71-73,76-79,81-82,85-87H,3-11,13-15,18-19,21,23-25,27,29-48,50-60,62-64,66-70H2,1-2H3,(H,80,83)/b17-16-,22-20-,28-26-,49-12+,65-61+. The molecule has 0 bridgehead atoms. The van der Waals surface area contributed by atoms with Gasteiger partial charge >= 0.3 is 5.97 Å². The van der Waals surface area contributed by atoms with Gasteiger partial charge in [-0.3, -0.25) is 9.59 Å². The quantitative estimate of drug-likeness (QED) is 0.0195. The molecule has 1 saturated heterocycles. The van der Waals surface area contributed by atoms with Crippen LogP contribution in [0.1, 0.15) is 367 Å². The Labute approximate surface area is 554 Å². The zero-order valence-electron chi connectivity index (χ0n) is 58.6. The molecule has 0 saturated carbocycles. The second-order valence-electron chi connectivity index (χ2n) is 26.7. The second-order valence-corrected chi connectivity index (χ2v) is 26.7. The van der Waals surface area contributed by atoms with Crippen molar-refractivity contribution >= 4 is 11.9 Å². The number of unbranched alkanes of at least 4 members (excludes halogenated alkanes) is 46. The molecular formula is C79H145NO10. The third kappa shape index (κ3) is 55.8. The number of carbonyl (C=O) groups excluding carboxylic acids is 2. The van der Waals surface area contributed by atoms with Crippen molar-refractivity contribution < 1.29 is 49.3 Å². The minimum absolute atomic E-state index is 0.00708. The minimum atomic E-state index is -1.58. The molecule has 0 aromatic carbocycles. The molecule has 1 fully saturated rings. The van der Waals surface area contributed by atoms with E-state index >= 15 is 0 Å². The van der Waals surface area contributed by atoms with E-state index in [-0.39, 0.29) is 18.5 Å². The predicted octanol–water partition coefficient (Wildman–Crippen LogP) is 20.5. The summed E-state index contributed by atoms with van der Waals surface area (Å²) < 4.78 is 16.7. The Morgan fingerprint density at radius 3 is 1.19 bits per heavy atom. The van der Waals surface area contributed by atoms with Gasteiger partial charge in [0.25, 0.3) is 0 Å². The number of amides is 1. The van der Waals surface area contributed by atoms with Gasteiger partial charge in [-0.25, -0.2) is 0 Å². The number of carbonyl (C=O) groups is 2. The Hall–Kier alpha value is -2.64. The molecule has 526 valence electrons. The van der Waals surface area contributed by atoms with Crippen LogP contribution in [0.15, 0.2) is 60.8 Å². The van der Waals surface area contributed by atoms with E-state index in [0.29, 0.717) is 19.4 Å². The van der Waals surface area contributed by atoms with Gasteiger partial charge in [-0.2, -0.15) is 0 Å². The third-order valence-electron chi connectivity index (χ3n) is 18.1. The van der Waals surface area contributed by atoms with E-state index in [1.54, 1.807) is 6.08 Å². The van der Waals surface area contributed by atoms with Crippen molar-refractivity contribution in [3.63, 3.8) is 0 Å². The van der Waals surface area contributed by atoms with Crippen LogP contribution in [-0.2, 0) is 23.8 Å². The number of esters is 1. The van der Waals surface area contributed by atoms with Gasteiger partial charge in [-0.05, 0) is 103 Å². The average molecular weight is 1270 g/mol. The lowest BCUT2D eigenvalue weighted by atomic mass is 9.99. The summed E-state index contributed by atoms with van der Waals surface area (Å²) in [6.45, 7) is 4.30. The second kappa shape index (κ2) is 67.8. The molecule has 1 heterocycles. The van der Waals surface area contributed by atoms with Crippen LogP contribution < -0.4 is 5.32 Å². The lowest BCUT2D eigenvalue weighted by molar-refractivity contribution is -0.302. The number of hydrogen-bond donors (Lipinski definition) is 6. The number of rotatable bonds is 68. The molecule has 7 atom stereocenters. The molecule has 11 heteroatoms. The van der Waals surface area contributed by atoms with E-state index in [1.165, 1.54) is 276 Å². The Morgan fingerprint density at radius 1 is 0.411 bits per heavy atom. The Kier molecular flexibility index (Phi) is 64.3. The molecule has 1 aliphatic rings. The third-order valence-corrected chi connectivity index (χ3v) is 18.1. The van der Waals surface area contributed by atoms with Crippen LogP contribution in [0.4, 0.5) is 0 Å². The highest BCUT2D eigenvalue weighted by molar-refractivity contribution is 5.76. The fourth-order valence-electron chi connectivity index (χ4n) is 12.0. The van der Waals surface area contributed by atoms with Gasteiger partial charge in [0, 0.05) is 12.8 Å². The number of aliphatic hydroxyl groups is 5. The molecule has 90 heavy (non-hydrogen) atoms. The van der Waals surface area contributed by atoms with Crippen molar-refractivity contribution in [3.05, 3.63) is 60.8 Å². The monoisotopic (exact) mass is 1270 g/mol. The summed E-state index contributed by atoms with van der Waals surface area (Å²) in [6.07, 6.45) is 81.2. The minimum Gasteiger partial charge on any atom is -0.466 e. The molecule has 0 spiro atoms. The molecule has 0 aromatic heterocycles. The van der Waals surface area contributed by atoms with Crippen LogP contribution in [0, 0.1) is 0 Å². The molecular weight excluding hydrogens is 1120 g/mol. The van der Waals surface area contributed by atoms with Crippen molar-refractivity contribution in [3.8, 4) is 0 Å². The van der Waals surface area contributed by atoms with Crippen molar-refractivity contribution in [1.29, 1.82) is 0 Å². The lowest BCUT2D eigenvalue weighted by Crippen LogP contribution is -2.60. The first-order chi connectivity index (χ1) is 44.2. The summed E-state index contributed by atoms with van der Waals surface area (Å²) in [6, 6.07) is -0.825. The van der Waals surface area contributed by atoms with Gasteiger partial charge in [-0.1, -0.05) is 312 Å². The summed E-state index contributed by atoms with van der Waals surface area (Å²) in [5, 5.41) is 54.3. The van der Waals surface area contributed by atoms with E-state index in [1.807, 2.05) is 6.08 Å². The van der Waals surface area contributed by atoms with Crippen LogP contribution in [0.3, 0.4) is 0 Å². The fraction of sp³-hybridized carbons (Fsp3) is 0.848. The van der Waals surface area contributed by atoms with E-state index in [2.05, 4.69) is 67.8 Å². The molecule has 0 radical (unpaired) electrons. The smallest absolute Gasteiger partial charge is 0.305 e. The van der Waals surface area contributed by atoms with Crippen LogP contribution in [0.5, 0.6) is 0 Å². The number of nitrogens with one attached hydrogen (secondary N) is 1. The average Bonchev–Trinajstić information content (AvgIpc) is 0.957. The largest absolute Gasteiger partial charge is 0.466 e. The molecule has 1 rings (SSSR count). The first kappa shape index (κ1) is 85.4. The van der Waals surface area contributed by atoms with Crippen molar-refractivity contribution in [1.82, 2.24) is 5.32 Å². The fourth-order valence-corrected chi connectivity index (χ4v) is 12.0. The van der Waals surface area contributed by atoms with Crippen molar-refractivity contribution in [2.45, 2.75) is 410 Å². The van der Waals surface area contributed by atoms with Gasteiger partial charge in [0.15, 0.2) is 6.29 Å². The number of aliphatic hydroxyl groups excluding tert-OH is 5. The SMILES string of the molecule is CCCCC/C=C/CC/C=C/C(O)C(COC1OC(CO)C(O)C(O)C1O)NC(=O)CCCCCCCCCCCCCCCCCCC/C=C\C/C=C\CCCCCCCCCCCCCOC(=O)CCCCCCCCC/C=C\CCCCCCCCC. The van der Waals surface area contributed by atoms with Gasteiger partial charge < -0.3 is 45.1 Å². The normalized spacial score (nSPS) is 18.0. The summed E-state index contributed by atoms with van der Waals surface area (Å²) in [7, 11) is 0. The molecule has 1 amide bonds. The van der Waals surface area contributed by atoms with E-state index in [0.717, 1.165) is 64.2 Å². The molecule has 11 nitrogen and oxygen atoms in total. The van der Waals surface area contributed by atoms with Gasteiger partial charge in [0.1, 0.15) is 24.4 Å².